The van der Waals surface area contributed by atoms with Crippen LogP contribution in [0.2, 0.25) is 0 Å². The van der Waals surface area contributed by atoms with E-state index >= 15 is 0 Å². The van der Waals surface area contributed by atoms with Gasteiger partial charge in [-0.25, -0.2) is 6.92 Å². The molecule has 9 heavy (non-hydrogen) atoms. The van der Waals surface area contributed by atoms with E-state index in [1.54, 1.807) is 6.20 Å². The molecule has 1 aromatic heterocycles. The minimum atomic E-state index is 0. The van der Waals surface area contributed by atoms with Crippen molar-refractivity contribution >= 4 is 0 Å². The molecule has 1 rings (SSSR count). The summed E-state index contributed by atoms with van der Waals surface area (Å²) in [5.74, 6) is 0. The molecule has 0 radical (unpaired) electrons. The van der Waals surface area contributed by atoms with Crippen LogP contribution in [0, 0.1) is 55.6 Å². The molecule has 1 heterocycles. The van der Waals surface area contributed by atoms with Crippen molar-refractivity contribution in [3.8, 4) is 0 Å². The molecular weight excluding hydrogens is 238 g/mol. The Morgan fingerprint density at radius 3 is 2.56 bits per heavy atom. The third-order valence-electron chi connectivity index (χ3n) is 1.12. The van der Waals surface area contributed by atoms with Crippen molar-refractivity contribution < 1.29 is 41.7 Å². The molecule has 0 N–H and O–H groups in total. The van der Waals surface area contributed by atoms with Crippen LogP contribution in [-0.4, -0.2) is 4.98 Å². The van der Waals surface area contributed by atoms with Gasteiger partial charge in [0.15, 0.2) is 0 Å². The van der Waals surface area contributed by atoms with Gasteiger partial charge in [-0.1, -0.05) is 11.8 Å². The van der Waals surface area contributed by atoms with Crippen LogP contribution in [0.4, 0.5) is 0 Å². The fourth-order valence-corrected chi connectivity index (χ4v) is 0.518. The fraction of sp³-hybridized carbons (Fsp3) is 0.143. The van der Waals surface area contributed by atoms with Crippen molar-refractivity contribution in [2.24, 2.45) is 0 Å². The first kappa shape index (κ1) is 9.40. The van der Waals surface area contributed by atoms with Crippen LogP contribution in [0.15, 0.2) is 18.3 Å². The van der Waals surface area contributed by atoms with E-state index in [4.69, 9.17) is 0 Å². The first-order chi connectivity index (χ1) is 3.80. The van der Waals surface area contributed by atoms with Crippen LogP contribution in [0.1, 0.15) is 11.3 Å². The number of pyridine rings is 1. The van der Waals surface area contributed by atoms with E-state index in [1.165, 1.54) is 0 Å². The van der Waals surface area contributed by atoms with Crippen LogP contribution in [0.5, 0.6) is 0 Å². The van der Waals surface area contributed by atoms with Gasteiger partial charge in [-0.05, 0) is 0 Å². The number of nitrogens with zero attached hydrogens (tertiary/aromatic N) is 1. The monoisotopic (exact) mass is 246 g/mol. The quantitative estimate of drug-likeness (QED) is 0.633. The average molecular weight is 246 g/mol. The third kappa shape index (κ3) is 2.65. The van der Waals surface area contributed by atoms with Crippen molar-refractivity contribution in [3.63, 3.8) is 0 Å². The molecule has 0 fully saturated rings. The Kier molecular flexibility index (Phi) is 4.44. The number of rotatable bonds is 0. The smallest absolute Gasteiger partial charge is 0.0222 e. The maximum atomic E-state index is 3.97. The van der Waals surface area contributed by atoms with Crippen molar-refractivity contribution in [2.45, 2.75) is 6.92 Å². The molecule has 0 aliphatic carbocycles. The third-order valence-corrected chi connectivity index (χ3v) is 1.12. The molecule has 0 atom stereocenters. The molecular formula is C7H8CeN-. The van der Waals surface area contributed by atoms with E-state index in [-0.39, 0.29) is 41.7 Å². The number of hydrogen-bond acceptors (Lipinski definition) is 1. The summed E-state index contributed by atoms with van der Waals surface area (Å²) in [5.41, 5.74) is 2.01. The SMILES string of the molecule is [CH2-]c1ncccc1C.[Ce]. The van der Waals surface area contributed by atoms with Gasteiger partial charge in [0.25, 0.3) is 0 Å². The fourth-order valence-electron chi connectivity index (χ4n) is 0.518. The zero-order chi connectivity index (χ0) is 5.98. The zero-order valence-electron chi connectivity index (χ0n) is 5.39. The van der Waals surface area contributed by atoms with Crippen LogP contribution in [0.25, 0.3) is 0 Å². The van der Waals surface area contributed by atoms with Gasteiger partial charge in [0.05, 0.1) is 0 Å². The summed E-state index contributed by atoms with van der Waals surface area (Å²) in [6.45, 7) is 5.70. The van der Waals surface area contributed by atoms with Crippen LogP contribution in [-0.2, 0) is 0 Å². The molecule has 1 aromatic rings. The summed E-state index contributed by atoms with van der Waals surface area (Å²) >= 11 is 0. The van der Waals surface area contributed by atoms with Crippen molar-refractivity contribution in [2.75, 3.05) is 0 Å². The summed E-state index contributed by atoms with van der Waals surface area (Å²) < 4.78 is 0. The van der Waals surface area contributed by atoms with E-state index in [1.807, 2.05) is 19.1 Å². The normalized spacial score (nSPS) is 8.11. The largest absolute Gasteiger partial charge is 0.295 e. The standard InChI is InChI=1S/C7H8N.Ce/c1-6-4-3-5-8-7(6)2;/h3-5H,2H2,1H3;/q-1;. The van der Waals surface area contributed by atoms with Crippen LogP contribution >= 0.6 is 0 Å². The first-order valence-electron chi connectivity index (χ1n) is 2.54. The second kappa shape index (κ2) is 4.25. The minimum Gasteiger partial charge on any atom is -0.295 e. The maximum absolute atomic E-state index is 3.97. The topological polar surface area (TPSA) is 12.9 Å². The predicted molar refractivity (Wildman–Crippen MR) is 33.4 cm³/mol. The molecule has 1 nitrogen and oxygen atoms in total. The van der Waals surface area contributed by atoms with Gasteiger partial charge < -0.3 is 0 Å². The summed E-state index contributed by atoms with van der Waals surface area (Å²) in [6, 6.07) is 3.90. The van der Waals surface area contributed by atoms with Gasteiger partial charge in [-0.15, -0.1) is 13.0 Å². The average Bonchev–Trinajstić information content (AvgIpc) is 1.77. The molecule has 2 heteroatoms. The van der Waals surface area contributed by atoms with Gasteiger partial charge in [0.2, 0.25) is 0 Å². The molecule has 0 saturated heterocycles. The summed E-state index contributed by atoms with van der Waals surface area (Å²) in [5, 5.41) is 0. The van der Waals surface area contributed by atoms with E-state index in [2.05, 4.69) is 11.9 Å². The molecule has 0 aliphatic heterocycles. The second-order valence-corrected chi connectivity index (χ2v) is 1.77. The molecule has 0 aromatic carbocycles. The van der Waals surface area contributed by atoms with Gasteiger partial charge >= 0.3 is 0 Å². The van der Waals surface area contributed by atoms with Crippen LogP contribution in [0.3, 0.4) is 0 Å². The first-order valence-corrected chi connectivity index (χ1v) is 2.54. The minimum absolute atomic E-state index is 0. The molecule has 0 unspecified atom stereocenters. The van der Waals surface area contributed by atoms with Gasteiger partial charge in [0, 0.05) is 47.9 Å². The Morgan fingerprint density at radius 2 is 2.22 bits per heavy atom. The van der Waals surface area contributed by atoms with E-state index in [0.717, 1.165) is 11.3 Å². The Hall–Kier alpha value is 0.397. The Balaban J connectivity index is 0.000000640. The summed E-state index contributed by atoms with van der Waals surface area (Å²) in [4.78, 5) is 3.97. The van der Waals surface area contributed by atoms with E-state index in [9.17, 15) is 0 Å². The molecule has 0 bridgehead atoms. The molecule has 0 spiro atoms. The number of aromatic nitrogens is 1. The van der Waals surface area contributed by atoms with E-state index < -0.39 is 0 Å². The van der Waals surface area contributed by atoms with Gasteiger partial charge in [0.1, 0.15) is 0 Å². The summed E-state index contributed by atoms with van der Waals surface area (Å²) in [7, 11) is 0. The molecule has 0 amide bonds. The van der Waals surface area contributed by atoms with Gasteiger partial charge in [-0.2, -0.15) is 5.56 Å². The van der Waals surface area contributed by atoms with Crippen molar-refractivity contribution in [3.05, 3.63) is 36.5 Å². The summed E-state index contributed by atoms with van der Waals surface area (Å²) in [6.07, 6.45) is 1.75. The Bertz CT molecular complexity index is 165. The molecule has 46 valence electrons. The predicted octanol–water partition coefficient (Wildman–Crippen LogP) is 1.57. The van der Waals surface area contributed by atoms with Gasteiger partial charge in [-0.3, -0.25) is 4.98 Å². The zero-order valence-corrected chi connectivity index (χ0v) is 8.53. The van der Waals surface area contributed by atoms with Crippen molar-refractivity contribution in [1.29, 1.82) is 0 Å². The van der Waals surface area contributed by atoms with Crippen LogP contribution < -0.4 is 0 Å². The number of aryl methyl sites for hydroxylation is 1. The van der Waals surface area contributed by atoms with E-state index in [0.29, 0.717) is 0 Å². The maximum Gasteiger partial charge on any atom is 0.0222 e. The second-order valence-electron chi connectivity index (χ2n) is 1.77. The molecule has 0 aliphatic rings. The number of hydrogen-bond donors (Lipinski definition) is 0. The Labute approximate surface area is 89.3 Å². The van der Waals surface area contributed by atoms with Crippen molar-refractivity contribution in [1.82, 2.24) is 4.98 Å². The molecule has 0 saturated carbocycles. The Morgan fingerprint density at radius 1 is 1.56 bits per heavy atom.